The number of piperidine rings is 1. The zero-order valence-electron chi connectivity index (χ0n) is 15.8. The minimum atomic E-state index is 0.414. The van der Waals surface area contributed by atoms with Crippen molar-refractivity contribution in [3.63, 3.8) is 0 Å². The number of fused-ring (bicyclic) bond motifs is 1. The number of nitrogens with one attached hydrogen (secondary N) is 3. The van der Waals surface area contributed by atoms with Gasteiger partial charge in [0, 0.05) is 35.8 Å². The van der Waals surface area contributed by atoms with E-state index in [0.717, 1.165) is 41.0 Å². The lowest BCUT2D eigenvalue weighted by atomic mass is 10.1. The summed E-state index contributed by atoms with van der Waals surface area (Å²) in [4.78, 5) is 4.92. The van der Waals surface area contributed by atoms with Gasteiger partial charge in [-0.1, -0.05) is 23.7 Å². The highest BCUT2D eigenvalue weighted by molar-refractivity contribution is 6.30. The summed E-state index contributed by atoms with van der Waals surface area (Å²) < 4.78 is 1.93. The molecule has 0 amide bonds. The molecular weight excluding hydrogens is 372 g/mol. The number of hydrogen-bond donors (Lipinski definition) is 3. The van der Waals surface area contributed by atoms with Crippen LogP contribution in [0, 0.1) is 0 Å². The number of hydrogen-bond acceptors (Lipinski definition) is 5. The van der Waals surface area contributed by atoms with E-state index in [2.05, 4.69) is 33.2 Å². The first-order chi connectivity index (χ1) is 13.8. The molecule has 0 radical (unpaired) electrons. The molecule has 3 aromatic rings. The third-order valence-electron chi connectivity index (χ3n) is 5.53. The third kappa shape index (κ3) is 3.80. The van der Waals surface area contributed by atoms with Gasteiger partial charge >= 0.3 is 0 Å². The summed E-state index contributed by atoms with van der Waals surface area (Å²) in [5, 5.41) is 16.0. The van der Waals surface area contributed by atoms with Gasteiger partial charge in [0.2, 0.25) is 0 Å². The molecule has 28 heavy (non-hydrogen) atoms. The van der Waals surface area contributed by atoms with E-state index in [9.17, 15) is 0 Å². The minimum Gasteiger partial charge on any atom is -0.366 e. The fourth-order valence-corrected chi connectivity index (χ4v) is 4.10. The molecule has 2 aliphatic rings. The monoisotopic (exact) mass is 396 g/mol. The van der Waals surface area contributed by atoms with Crippen LogP contribution >= 0.6 is 11.6 Å². The van der Waals surface area contributed by atoms with Gasteiger partial charge in [0.25, 0.3) is 0 Å². The van der Waals surface area contributed by atoms with Gasteiger partial charge in [-0.2, -0.15) is 9.61 Å². The van der Waals surface area contributed by atoms with Gasteiger partial charge in [0.15, 0.2) is 5.65 Å². The Labute approximate surface area is 169 Å². The van der Waals surface area contributed by atoms with E-state index in [0.29, 0.717) is 18.5 Å². The Morgan fingerprint density at radius 3 is 2.93 bits per heavy atom. The zero-order chi connectivity index (χ0) is 18.9. The van der Waals surface area contributed by atoms with Crippen LogP contribution in [0.15, 0.2) is 36.5 Å². The Hall–Kier alpha value is -2.31. The largest absolute Gasteiger partial charge is 0.366 e. The molecule has 1 saturated carbocycles. The molecule has 3 heterocycles. The lowest BCUT2D eigenvalue weighted by molar-refractivity contribution is 0.479. The molecule has 2 aromatic heterocycles. The summed E-state index contributed by atoms with van der Waals surface area (Å²) in [7, 11) is 0. The van der Waals surface area contributed by atoms with Crippen LogP contribution in [0.1, 0.15) is 42.7 Å². The van der Waals surface area contributed by atoms with Crippen LogP contribution in [0.5, 0.6) is 0 Å². The molecule has 6 nitrogen and oxygen atoms in total. The quantitative estimate of drug-likeness (QED) is 0.587. The molecule has 1 atom stereocenters. The van der Waals surface area contributed by atoms with Gasteiger partial charge in [-0.15, -0.1) is 0 Å². The van der Waals surface area contributed by atoms with Gasteiger partial charge in [0.1, 0.15) is 11.6 Å². The van der Waals surface area contributed by atoms with Crippen molar-refractivity contribution in [2.24, 2.45) is 0 Å². The van der Waals surface area contributed by atoms with Crippen LogP contribution in [-0.2, 0) is 6.54 Å². The second-order valence-electron chi connectivity index (χ2n) is 7.81. The summed E-state index contributed by atoms with van der Waals surface area (Å²) in [5.74, 6) is 2.47. The number of halogens is 1. The topological polar surface area (TPSA) is 66.3 Å². The average Bonchev–Trinajstić information content (AvgIpc) is 3.46. The molecule has 2 fully saturated rings. The second kappa shape index (κ2) is 7.60. The van der Waals surface area contributed by atoms with Crippen molar-refractivity contribution in [3.05, 3.63) is 52.7 Å². The van der Waals surface area contributed by atoms with Crippen LogP contribution in [0.4, 0.5) is 11.6 Å². The molecule has 1 unspecified atom stereocenters. The molecule has 3 N–H and O–H groups in total. The first-order valence-corrected chi connectivity index (χ1v) is 10.5. The highest BCUT2D eigenvalue weighted by Crippen LogP contribution is 2.42. The normalized spacial score (nSPS) is 19.7. The smallest absolute Gasteiger partial charge is 0.163 e. The Morgan fingerprint density at radius 2 is 2.14 bits per heavy atom. The molecule has 1 aliphatic heterocycles. The van der Waals surface area contributed by atoms with E-state index in [1.807, 2.05) is 28.9 Å². The summed E-state index contributed by atoms with van der Waals surface area (Å²) in [5.41, 5.74) is 3.36. The van der Waals surface area contributed by atoms with Crippen molar-refractivity contribution in [1.29, 1.82) is 0 Å². The highest BCUT2D eigenvalue weighted by atomic mass is 35.5. The molecule has 5 rings (SSSR count). The first-order valence-electron chi connectivity index (χ1n) is 10.1. The summed E-state index contributed by atoms with van der Waals surface area (Å²) >= 11 is 6.13. The Kier molecular flexibility index (Phi) is 4.82. The number of rotatable bonds is 6. The lowest BCUT2D eigenvalue weighted by Crippen LogP contribution is -2.38. The van der Waals surface area contributed by atoms with Crippen LogP contribution < -0.4 is 16.0 Å². The van der Waals surface area contributed by atoms with Crippen LogP contribution in [0.2, 0.25) is 5.02 Å². The Balaban J connectivity index is 1.45. The number of anilines is 2. The Bertz CT molecular complexity index is 974. The fraction of sp³-hybridized carbons (Fsp3) is 0.429. The predicted octanol–water partition coefficient (Wildman–Crippen LogP) is 4.04. The van der Waals surface area contributed by atoms with Gasteiger partial charge in [-0.25, -0.2) is 4.98 Å². The zero-order valence-corrected chi connectivity index (χ0v) is 16.5. The van der Waals surface area contributed by atoms with Crippen molar-refractivity contribution in [1.82, 2.24) is 19.9 Å². The van der Waals surface area contributed by atoms with Crippen molar-refractivity contribution in [2.45, 2.75) is 44.2 Å². The molecule has 0 bridgehead atoms. The minimum absolute atomic E-state index is 0.414. The number of nitrogens with zero attached hydrogens (tertiary/aromatic N) is 3. The van der Waals surface area contributed by atoms with Crippen LogP contribution in [0.3, 0.4) is 0 Å². The number of benzene rings is 1. The van der Waals surface area contributed by atoms with E-state index in [1.165, 1.54) is 31.2 Å². The summed E-state index contributed by atoms with van der Waals surface area (Å²) in [6, 6.07) is 10.4. The van der Waals surface area contributed by atoms with Crippen molar-refractivity contribution >= 4 is 28.9 Å². The van der Waals surface area contributed by atoms with Gasteiger partial charge in [-0.05, 0) is 55.8 Å². The SMILES string of the molecule is Clc1cccc(CNc2cc(NC3CCCNC3)nc3c(C4CC4)cnn23)c1. The van der Waals surface area contributed by atoms with E-state index in [4.69, 9.17) is 16.6 Å². The molecular formula is C21H25ClN6. The molecule has 1 saturated heterocycles. The Morgan fingerprint density at radius 1 is 1.21 bits per heavy atom. The molecule has 146 valence electrons. The number of aromatic nitrogens is 3. The van der Waals surface area contributed by atoms with E-state index >= 15 is 0 Å². The third-order valence-corrected chi connectivity index (χ3v) is 5.76. The summed E-state index contributed by atoms with van der Waals surface area (Å²) in [6.45, 7) is 2.77. The molecule has 0 spiro atoms. The van der Waals surface area contributed by atoms with Gasteiger partial charge < -0.3 is 16.0 Å². The standard InChI is InChI=1S/C21H25ClN6/c22-16-4-1-3-14(9-16)11-24-20-10-19(26-17-5-2-8-23-12-17)27-21-18(15-6-7-15)13-25-28(20)21/h1,3-4,9-10,13,15,17,23-24H,2,5-8,11-12H2,(H,26,27). The van der Waals surface area contributed by atoms with Crippen LogP contribution in [-0.4, -0.2) is 33.7 Å². The fourth-order valence-electron chi connectivity index (χ4n) is 3.89. The first kappa shape index (κ1) is 17.8. The predicted molar refractivity (Wildman–Crippen MR) is 113 cm³/mol. The van der Waals surface area contributed by atoms with E-state index < -0.39 is 0 Å². The van der Waals surface area contributed by atoms with E-state index in [-0.39, 0.29) is 0 Å². The molecule has 7 heteroatoms. The van der Waals surface area contributed by atoms with Crippen LogP contribution in [0.25, 0.3) is 5.65 Å². The second-order valence-corrected chi connectivity index (χ2v) is 8.24. The van der Waals surface area contributed by atoms with E-state index in [1.54, 1.807) is 0 Å². The highest BCUT2D eigenvalue weighted by Gasteiger charge is 2.28. The lowest BCUT2D eigenvalue weighted by Gasteiger charge is -2.24. The summed E-state index contributed by atoms with van der Waals surface area (Å²) in [6.07, 6.45) is 6.81. The maximum Gasteiger partial charge on any atom is 0.163 e. The van der Waals surface area contributed by atoms with Gasteiger partial charge in [0.05, 0.1) is 6.20 Å². The van der Waals surface area contributed by atoms with Crippen molar-refractivity contribution in [3.8, 4) is 0 Å². The van der Waals surface area contributed by atoms with Crippen molar-refractivity contribution in [2.75, 3.05) is 23.7 Å². The maximum absolute atomic E-state index is 6.13. The average molecular weight is 397 g/mol. The molecule has 1 aromatic carbocycles. The molecule has 1 aliphatic carbocycles. The van der Waals surface area contributed by atoms with Crippen molar-refractivity contribution < 1.29 is 0 Å². The van der Waals surface area contributed by atoms with Gasteiger partial charge in [-0.3, -0.25) is 0 Å². The maximum atomic E-state index is 6.13.